The molecular weight excluding hydrogens is 352 g/mol. The maximum absolute atomic E-state index is 12.0. The van der Waals surface area contributed by atoms with Gasteiger partial charge >= 0.3 is 0 Å². The number of hydrogen-bond donors (Lipinski definition) is 2. The molecule has 2 rings (SSSR count). The Labute approximate surface area is 156 Å². The van der Waals surface area contributed by atoms with Gasteiger partial charge in [-0.15, -0.1) is 0 Å². The lowest BCUT2D eigenvalue weighted by Crippen LogP contribution is -2.12. The van der Waals surface area contributed by atoms with E-state index >= 15 is 0 Å². The van der Waals surface area contributed by atoms with Gasteiger partial charge in [0.25, 0.3) is 0 Å². The second kappa shape index (κ2) is 10.6. The van der Waals surface area contributed by atoms with Gasteiger partial charge in [-0.2, -0.15) is 0 Å². The summed E-state index contributed by atoms with van der Waals surface area (Å²) in [6.45, 7) is 2.84. The second-order valence-corrected chi connectivity index (χ2v) is 6.48. The third-order valence-electron chi connectivity index (χ3n) is 3.70. The Morgan fingerprint density at radius 1 is 1.08 bits per heavy atom. The normalized spacial score (nSPS) is 11.6. The van der Waals surface area contributed by atoms with Gasteiger partial charge < -0.3 is 19.3 Å². The molecule has 6 nitrogen and oxygen atoms in total. The zero-order valence-corrected chi connectivity index (χ0v) is 15.5. The molecule has 2 aromatic rings. The summed E-state index contributed by atoms with van der Waals surface area (Å²) in [6, 6.07) is 14.3. The summed E-state index contributed by atoms with van der Waals surface area (Å²) in [6.07, 6.45) is 3.13. The third kappa shape index (κ3) is 7.25. The minimum atomic E-state index is -2.36. The number of benzene rings is 2. The lowest BCUT2D eigenvalue weighted by molar-refractivity contribution is -0.116. The Balaban J connectivity index is 1.76. The number of rotatable bonds is 10. The zero-order chi connectivity index (χ0) is 18.8. The summed E-state index contributed by atoms with van der Waals surface area (Å²) in [4.78, 5) is 12.0. The molecule has 0 radical (unpaired) electrons. The number of ether oxygens (including phenoxy) is 1. The smallest absolute Gasteiger partial charge is 0.224 e. The van der Waals surface area contributed by atoms with E-state index in [0.717, 1.165) is 30.8 Å². The first-order valence-electron chi connectivity index (χ1n) is 8.54. The van der Waals surface area contributed by atoms with Crippen molar-refractivity contribution >= 4 is 28.5 Å². The average molecular weight is 375 g/mol. The van der Waals surface area contributed by atoms with Crippen LogP contribution in [0.25, 0.3) is 0 Å². The molecule has 2 aromatic carbocycles. The Hall–Kier alpha value is -2.38. The molecule has 26 heavy (non-hydrogen) atoms. The van der Waals surface area contributed by atoms with Gasteiger partial charge in [0.15, 0.2) is 0 Å². The van der Waals surface area contributed by atoms with E-state index in [0.29, 0.717) is 24.2 Å². The molecular formula is C19H23N2O4S-. The number of aryl methyl sites for hydroxylation is 1. The zero-order valence-electron chi connectivity index (χ0n) is 14.7. The molecule has 0 aromatic heterocycles. The van der Waals surface area contributed by atoms with Gasteiger partial charge in [-0.3, -0.25) is 9.00 Å². The van der Waals surface area contributed by atoms with Crippen molar-refractivity contribution in [1.82, 2.24) is 0 Å². The van der Waals surface area contributed by atoms with Crippen molar-refractivity contribution in [3.8, 4) is 5.75 Å². The standard InChI is InChI=1S/C19H24N2O4S/c1-2-3-14-25-18-11-4-15(5-12-18)6-13-19(22)20-16-7-9-17(10-8-16)21-26(23)24/h4-5,7-12,21H,2-3,6,13-14H2,1H3,(H,20,22)(H,23,24)/p-1. The topological polar surface area (TPSA) is 90.5 Å². The van der Waals surface area contributed by atoms with Crippen LogP contribution in [0.2, 0.25) is 0 Å². The molecule has 1 atom stereocenters. The van der Waals surface area contributed by atoms with E-state index in [9.17, 15) is 13.6 Å². The van der Waals surface area contributed by atoms with E-state index in [1.807, 2.05) is 24.3 Å². The lowest BCUT2D eigenvalue weighted by atomic mass is 10.1. The van der Waals surface area contributed by atoms with Crippen LogP contribution in [0.15, 0.2) is 48.5 Å². The van der Waals surface area contributed by atoms with Crippen molar-refractivity contribution in [3.05, 3.63) is 54.1 Å². The van der Waals surface area contributed by atoms with Gasteiger partial charge in [-0.05, 0) is 54.8 Å². The quantitative estimate of drug-likeness (QED) is 0.490. The molecule has 0 bridgehead atoms. The van der Waals surface area contributed by atoms with Crippen molar-refractivity contribution in [2.75, 3.05) is 16.6 Å². The highest BCUT2D eigenvalue weighted by Gasteiger charge is 2.04. The number of carbonyl (C=O) groups is 1. The van der Waals surface area contributed by atoms with Gasteiger partial charge in [0.2, 0.25) is 5.91 Å². The van der Waals surface area contributed by atoms with Crippen molar-refractivity contribution in [1.29, 1.82) is 0 Å². The predicted molar refractivity (Wildman–Crippen MR) is 103 cm³/mol. The number of nitrogens with one attached hydrogen (secondary N) is 2. The van der Waals surface area contributed by atoms with Gasteiger partial charge in [0, 0.05) is 29.1 Å². The maximum atomic E-state index is 12.0. The number of amides is 1. The molecule has 0 saturated carbocycles. The summed E-state index contributed by atoms with van der Waals surface area (Å²) < 4.78 is 29.0. The van der Waals surface area contributed by atoms with Crippen LogP contribution in [-0.4, -0.2) is 21.3 Å². The molecule has 0 aliphatic heterocycles. The minimum Gasteiger partial charge on any atom is -0.755 e. The van der Waals surface area contributed by atoms with Gasteiger partial charge in [-0.1, -0.05) is 25.5 Å². The number of anilines is 2. The number of unbranched alkanes of at least 4 members (excludes halogenated alkanes) is 1. The van der Waals surface area contributed by atoms with Gasteiger partial charge in [0.1, 0.15) is 5.75 Å². The lowest BCUT2D eigenvalue weighted by Gasteiger charge is -2.10. The van der Waals surface area contributed by atoms with Crippen LogP contribution in [0, 0.1) is 0 Å². The van der Waals surface area contributed by atoms with Crippen molar-refractivity contribution in [2.24, 2.45) is 0 Å². The first kappa shape index (κ1) is 19.9. The molecule has 0 fully saturated rings. The summed E-state index contributed by atoms with van der Waals surface area (Å²) in [5.74, 6) is 0.751. The molecule has 1 amide bonds. The summed E-state index contributed by atoms with van der Waals surface area (Å²) in [5.41, 5.74) is 2.13. The summed E-state index contributed by atoms with van der Waals surface area (Å²) in [7, 11) is 0. The molecule has 0 heterocycles. The van der Waals surface area contributed by atoms with Crippen LogP contribution < -0.4 is 14.8 Å². The van der Waals surface area contributed by atoms with Crippen LogP contribution in [0.5, 0.6) is 5.75 Å². The molecule has 0 aliphatic carbocycles. The molecule has 140 valence electrons. The van der Waals surface area contributed by atoms with E-state index in [-0.39, 0.29) is 5.91 Å². The fourth-order valence-corrected chi connectivity index (χ4v) is 2.61. The second-order valence-electron chi connectivity index (χ2n) is 5.81. The maximum Gasteiger partial charge on any atom is 0.224 e. The van der Waals surface area contributed by atoms with Crippen LogP contribution in [-0.2, 0) is 22.5 Å². The van der Waals surface area contributed by atoms with Crippen LogP contribution >= 0.6 is 0 Å². The number of carbonyl (C=O) groups excluding carboxylic acids is 1. The summed E-state index contributed by atoms with van der Waals surface area (Å²) >= 11 is -2.36. The Morgan fingerprint density at radius 2 is 1.73 bits per heavy atom. The fourth-order valence-electron chi connectivity index (χ4n) is 2.29. The SMILES string of the molecule is CCCCOc1ccc(CCC(=O)Nc2ccc(NS(=O)[O-])cc2)cc1. The molecule has 0 aliphatic rings. The monoisotopic (exact) mass is 375 g/mol. The van der Waals surface area contributed by atoms with Gasteiger partial charge in [-0.25, -0.2) is 0 Å². The average Bonchev–Trinajstić information content (AvgIpc) is 2.62. The highest BCUT2D eigenvalue weighted by Crippen LogP contribution is 2.16. The first-order valence-corrected chi connectivity index (χ1v) is 9.62. The van der Waals surface area contributed by atoms with Crippen LogP contribution in [0.4, 0.5) is 11.4 Å². The molecule has 1 unspecified atom stereocenters. The van der Waals surface area contributed by atoms with Crippen molar-refractivity contribution < 1.29 is 18.3 Å². The van der Waals surface area contributed by atoms with Crippen molar-refractivity contribution in [3.63, 3.8) is 0 Å². The Bertz CT molecular complexity index is 717. The van der Waals surface area contributed by atoms with Gasteiger partial charge in [0.05, 0.1) is 6.61 Å². The Morgan fingerprint density at radius 3 is 2.35 bits per heavy atom. The van der Waals surface area contributed by atoms with Crippen LogP contribution in [0.3, 0.4) is 0 Å². The fraction of sp³-hybridized carbons (Fsp3) is 0.316. The molecule has 2 N–H and O–H groups in total. The van der Waals surface area contributed by atoms with E-state index in [4.69, 9.17) is 4.74 Å². The molecule has 7 heteroatoms. The van der Waals surface area contributed by atoms with Crippen molar-refractivity contribution in [2.45, 2.75) is 32.6 Å². The number of hydrogen-bond acceptors (Lipinski definition) is 4. The highest BCUT2D eigenvalue weighted by molar-refractivity contribution is 7.80. The van der Waals surface area contributed by atoms with E-state index in [1.54, 1.807) is 24.3 Å². The largest absolute Gasteiger partial charge is 0.755 e. The van der Waals surface area contributed by atoms with E-state index < -0.39 is 11.3 Å². The van der Waals surface area contributed by atoms with Crippen LogP contribution in [0.1, 0.15) is 31.7 Å². The van der Waals surface area contributed by atoms with E-state index in [2.05, 4.69) is 17.0 Å². The first-order chi connectivity index (χ1) is 12.6. The third-order valence-corrected chi connectivity index (χ3v) is 4.10. The summed E-state index contributed by atoms with van der Waals surface area (Å²) in [5, 5.41) is 2.79. The minimum absolute atomic E-state index is 0.0959. The molecule has 0 spiro atoms. The predicted octanol–water partition coefficient (Wildman–Crippen LogP) is 3.64. The highest BCUT2D eigenvalue weighted by atomic mass is 32.2. The Kier molecular flexibility index (Phi) is 8.11. The van der Waals surface area contributed by atoms with E-state index in [1.165, 1.54) is 0 Å². The molecule has 0 saturated heterocycles.